The average molecular weight is 209 g/mol. The molecule has 82 valence electrons. The first-order valence-electron chi connectivity index (χ1n) is 4.94. The third-order valence-corrected chi connectivity index (χ3v) is 2.47. The Morgan fingerprint density at radius 3 is 3.07 bits per heavy atom. The van der Waals surface area contributed by atoms with Crippen LogP contribution >= 0.6 is 0 Å². The molecule has 5 nitrogen and oxygen atoms in total. The van der Waals surface area contributed by atoms with Gasteiger partial charge in [0.05, 0.1) is 18.5 Å². The quantitative estimate of drug-likeness (QED) is 0.664. The normalized spacial score (nSPS) is 25.4. The second kappa shape index (κ2) is 4.04. The van der Waals surface area contributed by atoms with Crippen LogP contribution in [0.5, 0.6) is 0 Å². The molecule has 0 radical (unpaired) electrons. The SMILES string of the molecule is Nc1ccc(NCC2(O)CCOC2)nc1. The number of nitrogen functional groups attached to an aromatic ring is 1. The summed E-state index contributed by atoms with van der Waals surface area (Å²) in [7, 11) is 0. The van der Waals surface area contributed by atoms with Crippen LogP contribution in [0.15, 0.2) is 18.3 Å². The lowest BCUT2D eigenvalue weighted by atomic mass is 10.0. The summed E-state index contributed by atoms with van der Waals surface area (Å²) in [5.74, 6) is 0.713. The fraction of sp³-hybridized carbons (Fsp3) is 0.500. The summed E-state index contributed by atoms with van der Waals surface area (Å²) in [4.78, 5) is 4.08. The van der Waals surface area contributed by atoms with Crippen molar-refractivity contribution in [2.24, 2.45) is 0 Å². The van der Waals surface area contributed by atoms with E-state index in [0.29, 0.717) is 37.7 Å². The highest BCUT2D eigenvalue weighted by atomic mass is 16.5. The molecule has 0 aromatic carbocycles. The topological polar surface area (TPSA) is 80.4 Å². The Labute approximate surface area is 88.3 Å². The number of pyridine rings is 1. The lowest BCUT2D eigenvalue weighted by Crippen LogP contribution is -2.37. The Hall–Kier alpha value is -1.33. The molecular weight excluding hydrogens is 194 g/mol. The minimum absolute atomic E-state index is 0.384. The largest absolute Gasteiger partial charge is 0.397 e. The van der Waals surface area contributed by atoms with Gasteiger partial charge >= 0.3 is 0 Å². The zero-order valence-electron chi connectivity index (χ0n) is 8.44. The van der Waals surface area contributed by atoms with Crippen LogP contribution in [0.3, 0.4) is 0 Å². The van der Waals surface area contributed by atoms with E-state index in [9.17, 15) is 5.11 Å². The summed E-state index contributed by atoms with van der Waals surface area (Å²) in [6, 6.07) is 3.55. The first kappa shape index (κ1) is 10.2. The van der Waals surface area contributed by atoms with Crippen molar-refractivity contribution in [1.82, 2.24) is 4.98 Å². The van der Waals surface area contributed by atoms with Crippen LogP contribution in [0.4, 0.5) is 11.5 Å². The maximum atomic E-state index is 9.97. The number of nitrogens with zero attached hydrogens (tertiary/aromatic N) is 1. The van der Waals surface area contributed by atoms with Gasteiger partial charge in [0.15, 0.2) is 0 Å². The summed E-state index contributed by atoms with van der Waals surface area (Å²) >= 11 is 0. The standard InChI is InChI=1S/C10H15N3O2/c11-8-1-2-9(12-5-8)13-6-10(14)3-4-15-7-10/h1-2,5,14H,3-4,6-7,11H2,(H,12,13). The predicted octanol–water partition coefficient (Wildman–Crippen LogP) is 0.227. The molecule has 1 fully saturated rings. The zero-order valence-corrected chi connectivity index (χ0v) is 8.44. The molecule has 1 aliphatic heterocycles. The van der Waals surface area contributed by atoms with Crippen molar-refractivity contribution in [3.8, 4) is 0 Å². The summed E-state index contributed by atoms with van der Waals surface area (Å²) in [5.41, 5.74) is 5.38. The van der Waals surface area contributed by atoms with Gasteiger partial charge < -0.3 is 20.9 Å². The predicted molar refractivity (Wildman–Crippen MR) is 57.5 cm³/mol. The van der Waals surface area contributed by atoms with Crippen LogP contribution in [0.2, 0.25) is 0 Å². The van der Waals surface area contributed by atoms with E-state index in [2.05, 4.69) is 10.3 Å². The molecule has 0 bridgehead atoms. The molecule has 1 aromatic heterocycles. The molecule has 1 unspecified atom stereocenters. The van der Waals surface area contributed by atoms with E-state index < -0.39 is 5.60 Å². The van der Waals surface area contributed by atoms with Crippen LogP contribution < -0.4 is 11.1 Å². The fourth-order valence-electron chi connectivity index (χ4n) is 1.50. The number of nitrogens with one attached hydrogen (secondary N) is 1. The Morgan fingerprint density at radius 2 is 2.47 bits per heavy atom. The Kier molecular flexibility index (Phi) is 2.75. The van der Waals surface area contributed by atoms with Gasteiger partial charge in [0.2, 0.25) is 0 Å². The third kappa shape index (κ3) is 2.57. The highest BCUT2D eigenvalue weighted by Crippen LogP contribution is 2.18. The number of rotatable bonds is 3. The van der Waals surface area contributed by atoms with E-state index >= 15 is 0 Å². The van der Waals surface area contributed by atoms with Crippen molar-refractivity contribution in [2.45, 2.75) is 12.0 Å². The van der Waals surface area contributed by atoms with E-state index in [-0.39, 0.29) is 0 Å². The summed E-state index contributed by atoms with van der Waals surface area (Å²) in [5, 5.41) is 13.0. The summed E-state index contributed by atoms with van der Waals surface area (Å²) in [6.45, 7) is 1.45. The molecule has 2 heterocycles. The van der Waals surface area contributed by atoms with Crippen molar-refractivity contribution < 1.29 is 9.84 Å². The number of hydrogen-bond donors (Lipinski definition) is 3. The molecule has 2 rings (SSSR count). The summed E-state index contributed by atoms with van der Waals surface area (Å²) in [6.07, 6.45) is 2.24. The second-order valence-corrected chi connectivity index (χ2v) is 3.86. The molecule has 1 atom stereocenters. The molecule has 0 amide bonds. The number of ether oxygens (including phenoxy) is 1. The van der Waals surface area contributed by atoms with Gasteiger partial charge in [-0.2, -0.15) is 0 Å². The van der Waals surface area contributed by atoms with E-state index in [1.165, 1.54) is 0 Å². The van der Waals surface area contributed by atoms with E-state index in [0.717, 1.165) is 0 Å². The van der Waals surface area contributed by atoms with Gasteiger partial charge in [-0.15, -0.1) is 0 Å². The molecule has 1 saturated heterocycles. The number of hydrogen-bond acceptors (Lipinski definition) is 5. The summed E-state index contributed by atoms with van der Waals surface area (Å²) < 4.78 is 5.14. The van der Waals surface area contributed by atoms with Gasteiger partial charge in [-0.1, -0.05) is 0 Å². The van der Waals surface area contributed by atoms with Crippen molar-refractivity contribution in [3.63, 3.8) is 0 Å². The average Bonchev–Trinajstić information content (AvgIpc) is 2.65. The van der Waals surface area contributed by atoms with Gasteiger partial charge in [-0.3, -0.25) is 0 Å². The lowest BCUT2D eigenvalue weighted by Gasteiger charge is -2.20. The first-order chi connectivity index (χ1) is 7.18. The van der Waals surface area contributed by atoms with Crippen LogP contribution in [-0.2, 0) is 4.74 Å². The molecule has 0 saturated carbocycles. The zero-order chi connectivity index (χ0) is 10.7. The van der Waals surface area contributed by atoms with Crippen LogP contribution in [0.1, 0.15) is 6.42 Å². The van der Waals surface area contributed by atoms with Crippen molar-refractivity contribution in [2.75, 3.05) is 30.8 Å². The van der Waals surface area contributed by atoms with Crippen LogP contribution in [0, 0.1) is 0 Å². The minimum atomic E-state index is -0.761. The third-order valence-electron chi connectivity index (χ3n) is 2.47. The highest BCUT2D eigenvalue weighted by molar-refractivity contribution is 5.43. The van der Waals surface area contributed by atoms with Crippen molar-refractivity contribution in [3.05, 3.63) is 18.3 Å². The van der Waals surface area contributed by atoms with Crippen LogP contribution in [0.25, 0.3) is 0 Å². The van der Waals surface area contributed by atoms with E-state index in [1.54, 1.807) is 18.3 Å². The molecule has 0 spiro atoms. The monoisotopic (exact) mass is 209 g/mol. The van der Waals surface area contributed by atoms with Crippen molar-refractivity contribution >= 4 is 11.5 Å². The molecular formula is C10H15N3O2. The maximum Gasteiger partial charge on any atom is 0.126 e. The molecule has 1 aliphatic rings. The minimum Gasteiger partial charge on any atom is -0.397 e. The number of aromatic nitrogens is 1. The fourth-order valence-corrected chi connectivity index (χ4v) is 1.50. The van der Waals surface area contributed by atoms with Gasteiger partial charge in [0, 0.05) is 19.6 Å². The van der Waals surface area contributed by atoms with E-state index in [1.807, 2.05) is 0 Å². The Bertz CT molecular complexity index is 320. The molecule has 4 N–H and O–H groups in total. The Morgan fingerprint density at radius 1 is 1.60 bits per heavy atom. The number of nitrogens with two attached hydrogens (primary N) is 1. The molecule has 1 aromatic rings. The highest BCUT2D eigenvalue weighted by Gasteiger charge is 2.31. The van der Waals surface area contributed by atoms with E-state index in [4.69, 9.17) is 10.5 Å². The molecule has 15 heavy (non-hydrogen) atoms. The lowest BCUT2D eigenvalue weighted by molar-refractivity contribution is 0.0381. The molecule has 0 aliphatic carbocycles. The number of anilines is 2. The number of aliphatic hydroxyl groups is 1. The van der Waals surface area contributed by atoms with Gasteiger partial charge in [0.25, 0.3) is 0 Å². The van der Waals surface area contributed by atoms with Gasteiger partial charge in [-0.05, 0) is 12.1 Å². The van der Waals surface area contributed by atoms with Crippen molar-refractivity contribution in [1.29, 1.82) is 0 Å². The van der Waals surface area contributed by atoms with Gasteiger partial charge in [-0.25, -0.2) is 4.98 Å². The molecule has 5 heteroatoms. The maximum absolute atomic E-state index is 9.97. The smallest absolute Gasteiger partial charge is 0.126 e. The first-order valence-corrected chi connectivity index (χ1v) is 4.94. The second-order valence-electron chi connectivity index (χ2n) is 3.86. The van der Waals surface area contributed by atoms with Crippen LogP contribution in [-0.4, -0.2) is 35.5 Å². The Balaban J connectivity index is 1.90. The van der Waals surface area contributed by atoms with Gasteiger partial charge in [0.1, 0.15) is 11.4 Å².